The molecule has 0 saturated heterocycles. The minimum atomic E-state index is -5.89. The van der Waals surface area contributed by atoms with E-state index in [2.05, 4.69) is 0 Å². The first-order valence-corrected chi connectivity index (χ1v) is 6.33. The van der Waals surface area contributed by atoms with E-state index in [-0.39, 0.29) is 22.4 Å². The zero-order valence-electron chi connectivity index (χ0n) is 6.36. The van der Waals surface area contributed by atoms with E-state index in [0.717, 1.165) is 0 Å². The van der Waals surface area contributed by atoms with Crippen molar-refractivity contribution in [3.63, 3.8) is 0 Å². The minimum absolute atomic E-state index is 0. The van der Waals surface area contributed by atoms with Crippen molar-refractivity contribution in [3.8, 4) is 0 Å². The van der Waals surface area contributed by atoms with Crippen molar-refractivity contribution in [2.75, 3.05) is 0 Å². The van der Waals surface area contributed by atoms with E-state index in [0.29, 0.717) is 0 Å². The van der Waals surface area contributed by atoms with Gasteiger partial charge in [-0.05, 0) is 0 Å². The summed E-state index contributed by atoms with van der Waals surface area (Å²) in [4.78, 5) is 25.0. The molecule has 0 aliphatic carbocycles. The molecule has 0 aliphatic rings. The smallest absolute Gasteiger partial charge is 0.345 e. The number of rotatable bonds is 0. The van der Waals surface area contributed by atoms with Gasteiger partial charge in [0, 0.05) is 22.4 Å². The summed E-state index contributed by atoms with van der Waals surface area (Å²) in [5.74, 6) is 0. The second-order valence-electron chi connectivity index (χ2n) is 1.24. The molecule has 0 rings (SSSR count). The quantitative estimate of drug-likeness (QED) is 0.336. The Balaban J connectivity index is -0.0000000655. The largest absolute Gasteiger partial charge is 0.749 e. The summed E-state index contributed by atoms with van der Waals surface area (Å²) in [5, 5.41) is 0. The van der Waals surface area contributed by atoms with Crippen molar-refractivity contribution in [2.45, 2.75) is 0 Å². The summed E-state index contributed by atoms with van der Waals surface area (Å²) >= 11 is 0. The molecule has 0 fully saturated rings. The van der Waals surface area contributed by atoms with Crippen LogP contribution in [0.5, 0.6) is 0 Å². The Bertz CT molecular complexity index is 214. The second-order valence-corrected chi connectivity index (χ2v) is 3.73. The number of halogens is 6. The van der Waals surface area contributed by atoms with E-state index in [1.807, 2.05) is 0 Å². The molecule has 107 valence electrons. The van der Waals surface area contributed by atoms with Gasteiger partial charge in [0.15, 0.2) is 0 Å². The van der Waals surface area contributed by atoms with Gasteiger partial charge in [-0.25, -0.2) is 0 Å². The van der Waals surface area contributed by atoms with E-state index in [9.17, 15) is 25.2 Å². The third-order valence-electron chi connectivity index (χ3n) is 0. The maximum Gasteiger partial charge on any atom is 0.345 e. The van der Waals surface area contributed by atoms with Crippen molar-refractivity contribution in [1.29, 1.82) is 0 Å². The molecular formula is AgF6O6P3-3. The van der Waals surface area contributed by atoms with Gasteiger partial charge < -0.3 is 14.7 Å². The molecule has 0 spiro atoms. The molecule has 0 bridgehead atoms. The normalized spacial score (nSPS) is 11.1. The molecule has 0 N–H and O–H groups in total. The molecular weight excluding hydrogens is 411 g/mol. The van der Waals surface area contributed by atoms with Crippen molar-refractivity contribution in [1.82, 2.24) is 0 Å². The van der Waals surface area contributed by atoms with Crippen LogP contribution in [0.15, 0.2) is 0 Å². The first-order chi connectivity index (χ1) is 6.00. The topological polar surface area (TPSA) is 120 Å². The monoisotopic (exact) mass is 410 g/mol. The average Bonchev–Trinajstić information content (AvgIpc) is 1.41. The molecule has 0 aliphatic heterocycles. The van der Waals surface area contributed by atoms with Crippen LogP contribution in [-0.2, 0) is 36.1 Å². The Morgan fingerprint density at radius 1 is 0.562 bits per heavy atom. The summed E-state index contributed by atoms with van der Waals surface area (Å²) in [7, 11) is -17.7. The molecule has 1 radical (unpaired) electrons. The molecule has 0 amide bonds. The summed E-state index contributed by atoms with van der Waals surface area (Å²) < 4.78 is 85.1. The van der Waals surface area contributed by atoms with Crippen LogP contribution in [0.3, 0.4) is 0 Å². The van der Waals surface area contributed by atoms with Crippen molar-refractivity contribution in [2.24, 2.45) is 0 Å². The molecule has 0 aromatic heterocycles. The van der Waals surface area contributed by atoms with Crippen molar-refractivity contribution >= 4 is 24.0 Å². The van der Waals surface area contributed by atoms with Gasteiger partial charge in [-0.15, -0.1) is 0 Å². The first kappa shape index (κ1) is 25.7. The van der Waals surface area contributed by atoms with Gasteiger partial charge in [0.25, 0.3) is 0 Å². The van der Waals surface area contributed by atoms with E-state index in [1.54, 1.807) is 0 Å². The third kappa shape index (κ3) is 3620. The van der Waals surface area contributed by atoms with E-state index >= 15 is 0 Å². The number of hydrogen-bond acceptors (Lipinski definition) is 6. The van der Waals surface area contributed by atoms with Crippen LogP contribution in [0.1, 0.15) is 0 Å². The molecule has 6 nitrogen and oxygen atoms in total. The Hall–Kier alpha value is 0.890. The van der Waals surface area contributed by atoms with Crippen LogP contribution in [0, 0.1) is 0 Å². The predicted octanol–water partition coefficient (Wildman–Crippen LogP) is 1.18. The standard InChI is InChI=1S/Ag.3F2HO2P/c;3*1-5(2,3)4/h;3*(H,3,4)/p-3. The maximum absolute atomic E-state index is 10.0. The summed E-state index contributed by atoms with van der Waals surface area (Å²) in [6.07, 6.45) is 0. The van der Waals surface area contributed by atoms with Crippen LogP contribution < -0.4 is 14.7 Å². The fourth-order valence-electron chi connectivity index (χ4n) is 0. The zero-order chi connectivity index (χ0) is 13.5. The molecule has 16 heteroatoms. The second kappa shape index (κ2) is 9.87. The van der Waals surface area contributed by atoms with Crippen molar-refractivity contribution < 1.29 is 75.9 Å². The van der Waals surface area contributed by atoms with Gasteiger partial charge in [0.2, 0.25) is 0 Å². The molecule has 0 saturated carbocycles. The van der Waals surface area contributed by atoms with Gasteiger partial charge in [0.05, 0.1) is 0 Å². The number of hydrogen-bond donors (Lipinski definition) is 0. The predicted molar refractivity (Wildman–Crippen MR) is 29.5 cm³/mol. The summed E-state index contributed by atoms with van der Waals surface area (Å²) in [6.45, 7) is 0. The van der Waals surface area contributed by atoms with Gasteiger partial charge in [-0.2, -0.15) is 25.2 Å². The van der Waals surface area contributed by atoms with Crippen LogP contribution in [-0.4, -0.2) is 0 Å². The van der Waals surface area contributed by atoms with E-state index in [1.165, 1.54) is 0 Å². The SMILES string of the molecule is O=P([O-])(F)F.O=P([O-])(F)F.O=P([O-])(F)F.[Ag]. The summed E-state index contributed by atoms with van der Waals surface area (Å²) in [5.41, 5.74) is 0. The molecule has 0 unspecified atom stereocenters. The third-order valence-corrected chi connectivity index (χ3v) is 0. The average molecular weight is 411 g/mol. The van der Waals surface area contributed by atoms with Gasteiger partial charge in [-0.3, -0.25) is 13.7 Å². The van der Waals surface area contributed by atoms with Crippen LogP contribution in [0.25, 0.3) is 0 Å². The molecule has 0 aromatic carbocycles. The molecule has 0 aromatic rings. The van der Waals surface area contributed by atoms with Gasteiger partial charge in [0.1, 0.15) is 0 Å². The zero-order valence-corrected chi connectivity index (χ0v) is 10.5. The molecule has 0 heterocycles. The van der Waals surface area contributed by atoms with Gasteiger partial charge in [-0.1, -0.05) is 0 Å². The molecule has 16 heavy (non-hydrogen) atoms. The van der Waals surface area contributed by atoms with Crippen LogP contribution in [0.2, 0.25) is 0 Å². The van der Waals surface area contributed by atoms with Gasteiger partial charge >= 0.3 is 24.0 Å². The van der Waals surface area contributed by atoms with Crippen molar-refractivity contribution in [3.05, 3.63) is 0 Å². The summed E-state index contributed by atoms with van der Waals surface area (Å²) in [6, 6.07) is 0. The fourth-order valence-corrected chi connectivity index (χ4v) is 0. The van der Waals surface area contributed by atoms with E-state index in [4.69, 9.17) is 28.4 Å². The Labute approximate surface area is 100 Å². The fraction of sp³-hybridized carbons (Fsp3) is 0. The molecule has 0 atom stereocenters. The van der Waals surface area contributed by atoms with Crippen LogP contribution >= 0.6 is 24.0 Å². The Morgan fingerprint density at radius 3 is 0.562 bits per heavy atom. The Morgan fingerprint density at radius 2 is 0.562 bits per heavy atom. The first-order valence-electron chi connectivity index (χ1n) is 2.11. The van der Waals surface area contributed by atoms with Crippen LogP contribution in [0.4, 0.5) is 25.2 Å². The van der Waals surface area contributed by atoms with E-state index < -0.39 is 24.0 Å². The minimum Gasteiger partial charge on any atom is -0.749 e. The Kier molecular flexibility index (Phi) is 15.8. The maximum atomic E-state index is 10.0.